The second-order valence-corrected chi connectivity index (χ2v) is 8.92. The van der Waals surface area contributed by atoms with Gasteiger partial charge in [-0.1, -0.05) is 25.0 Å². The molecule has 2 aromatic rings. The first-order valence-corrected chi connectivity index (χ1v) is 11.6. The van der Waals surface area contributed by atoms with Gasteiger partial charge < -0.3 is 14.9 Å². The van der Waals surface area contributed by atoms with E-state index in [9.17, 15) is 14.3 Å². The van der Waals surface area contributed by atoms with Gasteiger partial charge in [-0.05, 0) is 75.1 Å². The Morgan fingerprint density at radius 3 is 2.39 bits per heavy atom. The fourth-order valence-corrected chi connectivity index (χ4v) is 5.55. The third-order valence-corrected chi connectivity index (χ3v) is 7.28. The van der Waals surface area contributed by atoms with Gasteiger partial charge in [0.1, 0.15) is 5.82 Å². The van der Waals surface area contributed by atoms with Gasteiger partial charge in [0.25, 0.3) is 5.91 Å². The number of rotatable bonds is 5. The Morgan fingerprint density at radius 1 is 1.06 bits per heavy atom. The maximum atomic E-state index is 13.5. The lowest BCUT2D eigenvalue weighted by Crippen LogP contribution is -2.56. The van der Waals surface area contributed by atoms with Crippen LogP contribution in [0.2, 0.25) is 0 Å². The predicted molar refractivity (Wildman–Crippen MR) is 122 cm³/mol. The van der Waals surface area contributed by atoms with Crippen LogP contribution in [-0.2, 0) is 0 Å². The summed E-state index contributed by atoms with van der Waals surface area (Å²) in [5.74, 6) is -0.426. The summed E-state index contributed by atoms with van der Waals surface area (Å²) in [5.41, 5.74) is 2.00. The van der Waals surface area contributed by atoms with Crippen molar-refractivity contribution in [2.75, 3.05) is 24.5 Å². The Kier molecular flexibility index (Phi) is 6.33. The molecule has 1 aliphatic heterocycles. The minimum Gasteiger partial charge on any atom is -0.389 e. The number of amides is 1. The highest BCUT2D eigenvalue weighted by atomic mass is 19.1. The lowest BCUT2D eigenvalue weighted by molar-refractivity contribution is -0.115. The molecule has 1 heterocycles. The van der Waals surface area contributed by atoms with Gasteiger partial charge in [0, 0.05) is 36.8 Å². The highest BCUT2D eigenvalue weighted by Gasteiger charge is 2.50. The first-order chi connectivity index (χ1) is 15.0. The van der Waals surface area contributed by atoms with Gasteiger partial charge in [-0.25, -0.2) is 4.39 Å². The number of likely N-dealkylation sites (tertiary alicyclic amines) is 1. The van der Waals surface area contributed by atoms with Crippen LogP contribution in [0.4, 0.5) is 10.1 Å². The van der Waals surface area contributed by atoms with Crippen molar-refractivity contribution in [3.8, 4) is 0 Å². The summed E-state index contributed by atoms with van der Waals surface area (Å²) in [7, 11) is 0. The molecule has 2 aliphatic rings. The molecule has 0 aromatic heterocycles. The zero-order valence-electron chi connectivity index (χ0n) is 18.6. The van der Waals surface area contributed by atoms with E-state index >= 15 is 0 Å². The third-order valence-electron chi connectivity index (χ3n) is 7.28. The lowest BCUT2D eigenvalue weighted by Gasteiger charge is -2.52. The summed E-state index contributed by atoms with van der Waals surface area (Å²) < 4.78 is 13.4. The molecule has 4 rings (SSSR count). The predicted octanol–water partition coefficient (Wildman–Crippen LogP) is 5.18. The second-order valence-electron chi connectivity index (χ2n) is 8.92. The molecule has 4 nitrogen and oxygen atoms in total. The number of aliphatic hydroxyl groups is 1. The molecular formula is C26H33FN2O2. The Morgan fingerprint density at radius 2 is 1.74 bits per heavy atom. The van der Waals surface area contributed by atoms with E-state index in [0.717, 1.165) is 44.3 Å². The van der Waals surface area contributed by atoms with Crippen molar-refractivity contribution in [1.29, 1.82) is 0 Å². The van der Waals surface area contributed by atoms with Gasteiger partial charge in [0.05, 0.1) is 11.6 Å². The number of anilines is 1. The molecule has 0 spiro atoms. The van der Waals surface area contributed by atoms with Crippen LogP contribution in [0.15, 0.2) is 48.5 Å². The molecule has 1 saturated carbocycles. The maximum absolute atomic E-state index is 13.5. The highest BCUT2D eigenvalue weighted by Crippen LogP contribution is 2.49. The quantitative estimate of drug-likeness (QED) is 0.719. The minimum atomic E-state index is -0.722. The summed E-state index contributed by atoms with van der Waals surface area (Å²) >= 11 is 0. The Balaban J connectivity index is 1.70. The first-order valence-electron chi connectivity index (χ1n) is 11.6. The molecule has 1 aliphatic carbocycles. The monoisotopic (exact) mass is 424 g/mol. The number of carbonyl (C=O) groups excluding carboxylic acids is 1. The highest BCUT2D eigenvalue weighted by molar-refractivity contribution is 5.94. The van der Waals surface area contributed by atoms with E-state index in [1.54, 1.807) is 12.1 Å². The first kappa shape index (κ1) is 21.8. The van der Waals surface area contributed by atoms with Gasteiger partial charge in [0.2, 0.25) is 0 Å². The van der Waals surface area contributed by atoms with Crippen molar-refractivity contribution in [2.45, 2.75) is 57.6 Å². The normalized spacial score (nSPS) is 25.7. The van der Waals surface area contributed by atoms with Crippen LogP contribution in [0.5, 0.6) is 0 Å². The number of benzene rings is 2. The number of hydrogen-bond donors (Lipinski definition) is 1. The zero-order chi connectivity index (χ0) is 22.0. The van der Waals surface area contributed by atoms with Crippen LogP contribution in [0.25, 0.3) is 0 Å². The number of carbonyl (C=O) groups is 1. The van der Waals surface area contributed by atoms with Crippen LogP contribution in [0.3, 0.4) is 0 Å². The van der Waals surface area contributed by atoms with Gasteiger partial charge in [-0.15, -0.1) is 0 Å². The average molecular weight is 425 g/mol. The van der Waals surface area contributed by atoms with Crippen LogP contribution in [0, 0.1) is 11.7 Å². The van der Waals surface area contributed by atoms with E-state index in [0.29, 0.717) is 18.5 Å². The van der Waals surface area contributed by atoms with Gasteiger partial charge in [-0.3, -0.25) is 4.79 Å². The van der Waals surface area contributed by atoms with E-state index in [4.69, 9.17) is 0 Å². The second kappa shape index (κ2) is 8.99. The van der Waals surface area contributed by atoms with Crippen molar-refractivity contribution in [1.82, 2.24) is 4.90 Å². The molecule has 3 atom stereocenters. The smallest absolute Gasteiger partial charge is 0.254 e. The SMILES string of the molecule is CCN(CC)c1ccc([C@@H]2[C@@H]3CCCC[C@]3(O)CCN2C(=O)c2ccc(F)cc2)cc1. The van der Waals surface area contributed by atoms with E-state index in [1.165, 1.54) is 17.8 Å². The van der Waals surface area contributed by atoms with Crippen LogP contribution in [-0.4, -0.2) is 41.1 Å². The van der Waals surface area contributed by atoms with Crippen LogP contribution in [0.1, 0.15) is 67.9 Å². The number of halogens is 1. The number of nitrogens with zero attached hydrogens (tertiary/aromatic N) is 2. The van der Waals surface area contributed by atoms with Crippen molar-refractivity contribution in [3.05, 3.63) is 65.5 Å². The van der Waals surface area contributed by atoms with Gasteiger partial charge in [0.15, 0.2) is 0 Å². The van der Waals surface area contributed by atoms with Crippen molar-refractivity contribution in [3.63, 3.8) is 0 Å². The molecule has 0 bridgehead atoms. The molecule has 2 aromatic carbocycles. The Hall–Kier alpha value is -2.40. The van der Waals surface area contributed by atoms with Gasteiger partial charge in [-0.2, -0.15) is 0 Å². The largest absolute Gasteiger partial charge is 0.389 e. The van der Waals surface area contributed by atoms with Crippen molar-refractivity contribution in [2.24, 2.45) is 5.92 Å². The molecule has 1 saturated heterocycles. The lowest BCUT2D eigenvalue weighted by atomic mass is 9.66. The van der Waals surface area contributed by atoms with E-state index in [2.05, 4.69) is 43.0 Å². The van der Waals surface area contributed by atoms with E-state index in [-0.39, 0.29) is 23.7 Å². The number of hydrogen-bond acceptors (Lipinski definition) is 3. The van der Waals surface area contributed by atoms with Crippen molar-refractivity contribution >= 4 is 11.6 Å². The summed E-state index contributed by atoms with van der Waals surface area (Å²) in [6.07, 6.45) is 4.40. The molecule has 31 heavy (non-hydrogen) atoms. The molecule has 2 fully saturated rings. The average Bonchev–Trinajstić information content (AvgIpc) is 2.79. The molecule has 166 valence electrons. The minimum absolute atomic E-state index is 0.0127. The van der Waals surface area contributed by atoms with E-state index < -0.39 is 5.60 Å². The third kappa shape index (κ3) is 4.20. The fraction of sp³-hybridized carbons (Fsp3) is 0.500. The van der Waals surface area contributed by atoms with Gasteiger partial charge >= 0.3 is 0 Å². The number of fused-ring (bicyclic) bond motifs is 1. The molecular weight excluding hydrogens is 391 g/mol. The van der Waals surface area contributed by atoms with Crippen LogP contribution < -0.4 is 4.90 Å². The standard InChI is InChI=1S/C26H33FN2O2/c1-3-28(4-2)22-14-10-19(11-15-22)24-23-7-5-6-16-26(23,31)17-18-29(24)25(30)20-8-12-21(27)13-9-20/h8-15,23-24,31H,3-7,16-18H2,1-2H3/t23-,24+,26-/m0/s1. The van der Waals surface area contributed by atoms with Crippen LogP contribution >= 0.6 is 0 Å². The molecule has 5 heteroatoms. The summed E-state index contributed by atoms with van der Waals surface area (Å²) in [5, 5.41) is 11.5. The molecule has 1 N–H and O–H groups in total. The fourth-order valence-electron chi connectivity index (χ4n) is 5.55. The summed E-state index contributed by atoms with van der Waals surface area (Å²) in [4.78, 5) is 17.7. The van der Waals surface area contributed by atoms with Crippen molar-refractivity contribution < 1.29 is 14.3 Å². The molecule has 1 amide bonds. The number of piperidine rings is 1. The van der Waals surface area contributed by atoms with E-state index in [1.807, 2.05) is 4.90 Å². The summed E-state index contributed by atoms with van der Waals surface area (Å²) in [6.45, 7) is 6.67. The maximum Gasteiger partial charge on any atom is 0.254 e. The Bertz CT molecular complexity index is 895. The Labute approximate surface area is 184 Å². The topological polar surface area (TPSA) is 43.8 Å². The molecule has 0 radical (unpaired) electrons. The molecule has 0 unspecified atom stereocenters. The zero-order valence-corrected chi connectivity index (χ0v) is 18.6. The summed E-state index contributed by atoms with van der Waals surface area (Å²) in [6, 6.07) is 14.1.